The summed E-state index contributed by atoms with van der Waals surface area (Å²) in [6.45, 7) is 4.64. The normalized spacial score (nSPS) is 10.1. The molecule has 0 saturated carbocycles. The van der Waals surface area contributed by atoms with E-state index in [2.05, 4.69) is 26.0 Å². The molecule has 0 aliphatic heterocycles. The van der Waals surface area contributed by atoms with Crippen LogP contribution < -0.4 is 4.74 Å². The van der Waals surface area contributed by atoms with Crippen LogP contribution in [0, 0.1) is 13.8 Å². The number of carbonyl (C=O) groups is 1. The average molecular weight is 240 g/mol. The molecular weight excluding hydrogens is 224 g/mol. The van der Waals surface area contributed by atoms with E-state index in [1.165, 1.54) is 11.1 Å². The van der Waals surface area contributed by atoms with Gasteiger partial charge in [-0.3, -0.25) is 4.79 Å². The Balaban J connectivity index is 2.11. The number of rotatable bonds is 4. The Morgan fingerprint density at radius 2 is 1.83 bits per heavy atom. The van der Waals surface area contributed by atoms with Crippen molar-refractivity contribution < 1.29 is 9.53 Å². The first-order valence-corrected chi connectivity index (χ1v) is 5.94. The van der Waals surface area contributed by atoms with Gasteiger partial charge in [-0.25, -0.2) is 0 Å². The van der Waals surface area contributed by atoms with Gasteiger partial charge in [-0.1, -0.05) is 30.3 Å². The van der Waals surface area contributed by atoms with Crippen LogP contribution in [0.1, 0.15) is 27.0 Å². The van der Waals surface area contributed by atoms with Gasteiger partial charge in [0, 0.05) is 0 Å². The minimum atomic E-state index is 0.478. The maximum atomic E-state index is 10.9. The first kappa shape index (κ1) is 12.4. The van der Waals surface area contributed by atoms with Gasteiger partial charge in [0.1, 0.15) is 12.4 Å². The molecule has 0 aromatic heterocycles. The van der Waals surface area contributed by atoms with Crippen molar-refractivity contribution in [3.63, 3.8) is 0 Å². The number of para-hydroxylation sites is 1. The van der Waals surface area contributed by atoms with Crippen molar-refractivity contribution in [3.05, 3.63) is 64.7 Å². The first-order chi connectivity index (χ1) is 8.70. The van der Waals surface area contributed by atoms with Crippen molar-refractivity contribution in [1.82, 2.24) is 0 Å². The Morgan fingerprint density at radius 1 is 1.06 bits per heavy atom. The lowest BCUT2D eigenvalue weighted by Gasteiger charge is -2.09. The molecule has 0 N–H and O–H groups in total. The lowest BCUT2D eigenvalue weighted by molar-refractivity contribution is 0.111. The van der Waals surface area contributed by atoms with E-state index in [0.717, 1.165) is 11.8 Å². The van der Waals surface area contributed by atoms with Gasteiger partial charge in [0.2, 0.25) is 0 Å². The number of carbonyl (C=O) groups excluding carboxylic acids is 1. The highest BCUT2D eigenvalue weighted by Crippen LogP contribution is 2.18. The van der Waals surface area contributed by atoms with Crippen LogP contribution in [0.4, 0.5) is 0 Å². The lowest BCUT2D eigenvalue weighted by atomic mass is 10.1. The average Bonchev–Trinajstić information content (AvgIpc) is 2.40. The fourth-order valence-corrected chi connectivity index (χ4v) is 1.76. The number of hydrogen-bond acceptors (Lipinski definition) is 2. The Bertz CT molecular complexity index is 559. The number of benzene rings is 2. The molecule has 2 aromatic rings. The van der Waals surface area contributed by atoms with Crippen molar-refractivity contribution in [2.24, 2.45) is 0 Å². The second-order valence-electron chi connectivity index (χ2n) is 4.36. The third kappa shape index (κ3) is 2.77. The molecule has 0 atom stereocenters. The first-order valence-electron chi connectivity index (χ1n) is 5.94. The summed E-state index contributed by atoms with van der Waals surface area (Å²) in [5.41, 5.74) is 4.21. The predicted octanol–water partition coefficient (Wildman–Crippen LogP) is 3.69. The Morgan fingerprint density at radius 3 is 2.56 bits per heavy atom. The number of aldehydes is 1. The van der Waals surface area contributed by atoms with E-state index in [9.17, 15) is 4.79 Å². The fourth-order valence-electron chi connectivity index (χ4n) is 1.76. The molecular formula is C16H16O2. The van der Waals surface area contributed by atoms with Gasteiger partial charge in [0.05, 0.1) is 5.56 Å². The molecule has 92 valence electrons. The Hall–Kier alpha value is -2.09. The smallest absolute Gasteiger partial charge is 0.153 e. The SMILES string of the molecule is Cc1ccc(COc2ccccc2C=O)cc1C. The third-order valence-corrected chi connectivity index (χ3v) is 3.01. The second-order valence-corrected chi connectivity index (χ2v) is 4.36. The van der Waals surface area contributed by atoms with E-state index in [1.807, 2.05) is 24.3 Å². The van der Waals surface area contributed by atoms with Crippen LogP contribution in [0.25, 0.3) is 0 Å². The molecule has 0 fully saturated rings. The summed E-state index contributed by atoms with van der Waals surface area (Å²) in [6, 6.07) is 13.5. The maximum absolute atomic E-state index is 10.9. The molecule has 0 amide bonds. The largest absolute Gasteiger partial charge is 0.488 e. The van der Waals surface area contributed by atoms with E-state index in [0.29, 0.717) is 17.9 Å². The quantitative estimate of drug-likeness (QED) is 0.762. The zero-order valence-electron chi connectivity index (χ0n) is 10.6. The molecule has 0 bridgehead atoms. The molecule has 2 nitrogen and oxygen atoms in total. The second kappa shape index (κ2) is 5.50. The van der Waals surface area contributed by atoms with E-state index < -0.39 is 0 Å². The molecule has 0 aliphatic carbocycles. The van der Waals surface area contributed by atoms with Gasteiger partial charge < -0.3 is 4.74 Å². The monoisotopic (exact) mass is 240 g/mol. The fraction of sp³-hybridized carbons (Fsp3) is 0.188. The lowest BCUT2D eigenvalue weighted by Crippen LogP contribution is -1.98. The van der Waals surface area contributed by atoms with Crippen molar-refractivity contribution >= 4 is 6.29 Å². The van der Waals surface area contributed by atoms with Crippen molar-refractivity contribution in [1.29, 1.82) is 0 Å². The van der Waals surface area contributed by atoms with Gasteiger partial charge in [0.25, 0.3) is 0 Å². The summed E-state index contributed by atoms with van der Waals surface area (Å²) in [5.74, 6) is 0.630. The van der Waals surface area contributed by atoms with Crippen LogP contribution in [0.3, 0.4) is 0 Å². The van der Waals surface area contributed by atoms with E-state index in [4.69, 9.17) is 4.74 Å². The molecule has 0 spiro atoms. The van der Waals surface area contributed by atoms with Gasteiger partial charge >= 0.3 is 0 Å². The summed E-state index contributed by atoms with van der Waals surface area (Å²) in [5, 5.41) is 0. The summed E-state index contributed by atoms with van der Waals surface area (Å²) < 4.78 is 5.68. The van der Waals surface area contributed by atoms with Crippen molar-refractivity contribution in [2.45, 2.75) is 20.5 Å². The number of hydrogen-bond donors (Lipinski definition) is 0. The van der Waals surface area contributed by atoms with Gasteiger partial charge in [-0.15, -0.1) is 0 Å². The topological polar surface area (TPSA) is 26.3 Å². The molecule has 0 radical (unpaired) electrons. The Kier molecular flexibility index (Phi) is 3.78. The standard InChI is InChI=1S/C16H16O2/c1-12-7-8-14(9-13(12)2)11-18-16-6-4-3-5-15(16)10-17/h3-10H,11H2,1-2H3. The molecule has 0 heterocycles. The van der Waals surface area contributed by atoms with Crippen LogP contribution >= 0.6 is 0 Å². The van der Waals surface area contributed by atoms with E-state index in [1.54, 1.807) is 6.07 Å². The highest BCUT2D eigenvalue weighted by atomic mass is 16.5. The molecule has 2 heteroatoms. The van der Waals surface area contributed by atoms with E-state index in [-0.39, 0.29) is 0 Å². The van der Waals surface area contributed by atoms with Crippen LogP contribution in [-0.4, -0.2) is 6.29 Å². The summed E-state index contributed by atoms with van der Waals surface area (Å²) in [7, 11) is 0. The minimum absolute atomic E-state index is 0.478. The highest BCUT2D eigenvalue weighted by molar-refractivity contribution is 5.79. The van der Waals surface area contributed by atoms with Gasteiger partial charge in [0.15, 0.2) is 6.29 Å². The van der Waals surface area contributed by atoms with Crippen LogP contribution in [0.5, 0.6) is 5.75 Å². The molecule has 0 unspecified atom stereocenters. The van der Waals surface area contributed by atoms with Crippen molar-refractivity contribution in [3.8, 4) is 5.75 Å². The summed E-state index contributed by atoms with van der Waals surface area (Å²) in [4.78, 5) is 10.9. The van der Waals surface area contributed by atoms with Crippen LogP contribution in [0.15, 0.2) is 42.5 Å². The van der Waals surface area contributed by atoms with Crippen molar-refractivity contribution in [2.75, 3.05) is 0 Å². The predicted molar refractivity (Wildman–Crippen MR) is 72.1 cm³/mol. The maximum Gasteiger partial charge on any atom is 0.153 e. The van der Waals surface area contributed by atoms with Gasteiger partial charge in [-0.05, 0) is 42.7 Å². The zero-order chi connectivity index (χ0) is 13.0. The highest BCUT2D eigenvalue weighted by Gasteiger charge is 2.02. The summed E-state index contributed by atoms with van der Waals surface area (Å²) in [6.07, 6.45) is 0.815. The number of ether oxygens (including phenoxy) is 1. The molecule has 0 saturated heterocycles. The zero-order valence-corrected chi connectivity index (χ0v) is 10.6. The number of aryl methyl sites for hydroxylation is 2. The minimum Gasteiger partial charge on any atom is -0.488 e. The van der Waals surface area contributed by atoms with Crippen LogP contribution in [0.2, 0.25) is 0 Å². The summed E-state index contributed by atoms with van der Waals surface area (Å²) >= 11 is 0. The van der Waals surface area contributed by atoms with Crippen LogP contribution in [-0.2, 0) is 6.61 Å². The molecule has 18 heavy (non-hydrogen) atoms. The Labute approximate surface area is 107 Å². The molecule has 0 aliphatic rings. The van der Waals surface area contributed by atoms with Gasteiger partial charge in [-0.2, -0.15) is 0 Å². The third-order valence-electron chi connectivity index (χ3n) is 3.01. The van der Waals surface area contributed by atoms with E-state index >= 15 is 0 Å². The molecule has 2 aromatic carbocycles. The molecule has 2 rings (SSSR count).